The van der Waals surface area contributed by atoms with Gasteiger partial charge in [-0.3, -0.25) is 0 Å². The smallest absolute Gasteiger partial charge is 0.126 e. The lowest BCUT2D eigenvalue weighted by atomic mass is 9.82. The van der Waals surface area contributed by atoms with E-state index in [4.69, 9.17) is 0 Å². The molecule has 1 aromatic rings. The molecule has 1 atom stereocenters. The Morgan fingerprint density at radius 2 is 2.36 bits per heavy atom. The molecule has 0 radical (unpaired) electrons. The van der Waals surface area contributed by atoms with Crippen molar-refractivity contribution in [1.29, 1.82) is 0 Å². The topological polar surface area (TPSA) is 17.1 Å². The Hall–Kier alpha value is -1.18. The minimum Gasteiger partial charge on any atom is -0.303 e. The van der Waals surface area contributed by atoms with Crippen LogP contribution in [0.15, 0.2) is 18.2 Å². The van der Waals surface area contributed by atoms with Crippen molar-refractivity contribution in [2.45, 2.75) is 25.7 Å². The van der Waals surface area contributed by atoms with Crippen molar-refractivity contribution < 1.29 is 9.18 Å². The maximum Gasteiger partial charge on any atom is 0.126 e. The predicted octanol–water partition coefficient (Wildman–Crippen LogP) is 2.52. The fourth-order valence-corrected chi connectivity index (χ4v) is 2.15. The molecule has 0 aromatic heterocycles. The fraction of sp³-hybridized carbons (Fsp3) is 0.417. The summed E-state index contributed by atoms with van der Waals surface area (Å²) >= 11 is 0. The average Bonchev–Trinajstić information content (AvgIpc) is 2.20. The monoisotopic (exact) mass is 192 g/mol. The van der Waals surface area contributed by atoms with E-state index in [0.717, 1.165) is 36.7 Å². The largest absolute Gasteiger partial charge is 0.303 e. The zero-order valence-corrected chi connectivity index (χ0v) is 8.00. The summed E-state index contributed by atoms with van der Waals surface area (Å²) in [4.78, 5) is 10.4. The Morgan fingerprint density at radius 1 is 1.50 bits per heavy atom. The summed E-state index contributed by atoms with van der Waals surface area (Å²) in [5.41, 5.74) is 1.94. The molecule has 0 saturated heterocycles. The highest BCUT2D eigenvalue weighted by molar-refractivity contribution is 5.50. The third kappa shape index (κ3) is 1.69. The molecular formula is C12H13FO. The maximum atomic E-state index is 13.4. The summed E-state index contributed by atoms with van der Waals surface area (Å²) in [7, 11) is 0. The molecule has 1 nitrogen and oxygen atoms in total. The van der Waals surface area contributed by atoms with E-state index >= 15 is 0 Å². The second-order valence-corrected chi connectivity index (χ2v) is 3.89. The van der Waals surface area contributed by atoms with Crippen molar-refractivity contribution in [3.05, 3.63) is 35.1 Å². The molecule has 0 amide bonds. The van der Waals surface area contributed by atoms with Crippen LogP contribution >= 0.6 is 0 Å². The van der Waals surface area contributed by atoms with Gasteiger partial charge in [0.05, 0.1) is 0 Å². The standard InChI is InChI=1S/C12H13FO/c13-12-3-1-2-10-5-4-9(6-7-14)8-11(10)12/h1-3,7,9H,4-6,8H2. The van der Waals surface area contributed by atoms with E-state index in [2.05, 4.69) is 0 Å². The SMILES string of the molecule is O=CCC1CCc2cccc(F)c2C1. The molecule has 1 unspecified atom stereocenters. The summed E-state index contributed by atoms with van der Waals surface area (Å²) in [5.74, 6) is 0.231. The number of aryl methyl sites for hydroxylation is 1. The average molecular weight is 192 g/mol. The van der Waals surface area contributed by atoms with E-state index in [1.165, 1.54) is 6.07 Å². The Labute approximate surface area is 82.9 Å². The van der Waals surface area contributed by atoms with Crippen LogP contribution in [-0.2, 0) is 17.6 Å². The van der Waals surface area contributed by atoms with E-state index in [1.807, 2.05) is 6.07 Å². The van der Waals surface area contributed by atoms with Crippen LogP contribution in [-0.4, -0.2) is 6.29 Å². The van der Waals surface area contributed by atoms with E-state index in [-0.39, 0.29) is 5.82 Å². The van der Waals surface area contributed by atoms with Crippen molar-refractivity contribution in [3.8, 4) is 0 Å². The van der Waals surface area contributed by atoms with Gasteiger partial charge in [0.1, 0.15) is 12.1 Å². The summed E-state index contributed by atoms with van der Waals surface area (Å²) in [5, 5.41) is 0. The predicted molar refractivity (Wildman–Crippen MR) is 52.6 cm³/mol. The van der Waals surface area contributed by atoms with Crippen LogP contribution in [0.1, 0.15) is 24.0 Å². The van der Waals surface area contributed by atoms with Crippen molar-refractivity contribution in [1.82, 2.24) is 0 Å². The van der Waals surface area contributed by atoms with Gasteiger partial charge in [0.15, 0.2) is 0 Å². The molecule has 0 saturated carbocycles. The molecule has 0 bridgehead atoms. The van der Waals surface area contributed by atoms with Crippen LogP contribution in [0.25, 0.3) is 0 Å². The minimum absolute atomic E-state index is 0.113. The van der Waals surface area contributed by atoms with Crippen LogP contribution in [0.5, 0.6) is 0 Å². The van der Waals surface area contributed by atoms with Crippen molar-refractivity contribution >= 4 is 6.29 Å². The number of carbonyl (C=O) groups excluding carboxylic acids is 1. The number of halogens is 1. The quantitative estimate of drug-likeness (QED) is 0.658. The number of carbonyl (C=O) groups is 1. The van der Waals surface area contributed by atoms with Crippen molar-refractivity contribution in [2.75, 3.05) is 0 Å². The van der Waals surface area contributed by atoms with Gasteiger partial charge in [-0.05, 0) is 42.4 Å². The van der Waals surface area contributed by atoms with Crippen molar-refractivity contribution in [2.24, 2.45) is 5.92 Å². The zero-order valence-electron chi connectivity index (χ0n) is 8.00. The third-order valence-electron chi connectivity index (χ3n) is 2.96. The lowest BCUT2D eigenvalue weighted by Crippen LogP contribution is -2.16. The van der Waals surface area contributed by atoms with Gasteiger partial charge >= 0.3 is 0 Å². The molecule has 0 aliphatic heterocycles. The highest BCUT2D eigenvalue weighted by Gasteiger charge is 2.20. The molecule has 74 valence electrons. The normalized spacial score (nSPS) is 20.2. The Kier molecular flexibility index (Phi) is 2.62. The van der Waals surface area contributed by atoms with E-state index < -0.39 is 0 Å². The van der Waals surface area contributed by atoms with Gasteiger partial charge in [0.2, 0.25) is 0 Å². The summed E-state index contributed by atoms with van der Waals surface area (Å²) in [6, 6.07) is 5.24. The van der Waals surface area contributed by atoms with Crippen LogP contribution in [0, 0.1) is 11.7 Å². The van der Waals surface area contributed by atoms with E-state index in [0.29, 0.717) is 12.3 Å². The fourth-order valence-electron chi connectivity index (χ4n) is 2.15. The first-order valence-electron chi connectivity index (χ1n) is 5.01. The number of hydrogen-bond donors (Lipinski definition) is 0. The van der Waals surface area contributed by atoms with E-state index in [1.54, 1.807) is 6.07 Å². The zero-order chi connectivity index (χ0) is 9.97. The van der Waals surface area contributed by atoms with Crippen LogP contribution in [0.3, 0.4) is 0 Å². The van der Waals surface area contributed by atoms with Crippen LogP contribution < -0.4 is 0 Å². The van der Waals surface area contributed by atoms with Gasteiger partial charge in [0, 0.05) is 6.42 Å². The molecule has 1 aliphatic rings. The van der Waals surface area contributed by atoms with Gasteiger partial charge < -0.3 is 4.79 Å². The highest BCUT2D eigenvalue weighted by Crippen LogP contribution is 2.28. The molecule has 1 aromatic carbocycles. The molecule has 0 N–H and O–H groups in total. The number of benzene rings is 1. The van der Waals surface area contributed by atoms with Gasteiger partial charge in [0.25, 0.3) is 0 Å². The number of aldehydes is 1. The number of rotatable bonds is 2. The summed E-state index contributed by atoms with van der Waals surface area (Å²) < 4.78 is 13.4. The van der Waals surface area contributed by atoms with Gasteiger partial charge in [-0.15, -0.1) is 0 Å². The Balaban J connectivity index is 2.24. The van der Waals surface area contributed by atoms with Gasteiger partial charge in [-0.1, -0.05) is 12.1 Å². The number of fused-ring (bicyclic) bond motifs is 1. The first kappa shape index (κ1) is 9.38. The molecule has 14 heavy (non-hydrogen) atoms. The van der Waals surface area contributed by atoms with Crippen LogP contribution in [0.2, 0.25) is 0 Å². The summed E-state index contributed by atoms with van der Waals surface area (Å²) in [6.45, 7) is 0. The van der Waals surface area contributed by atoms with Gasteiger partial charge in [-0.2, -0.15) is 0 Å². The molecule has 2 rings (SSSR count). The van der Waals surface area contributed by atoms with E-state index in [9.17, 15) is 9.18 Å². The lowest BCUT2D eigenvalue weighted by Gasteiger charge is -2.23. The Bertz CT molecular complexity index is 346. The highest BCUT2D eigenvalue weighted by atomic mass is 19.1. The first-order chi connectivity index (χ1) is 6.81. The molecule has 0 spiro atoms. The second-order valence-electron chi connectivity index (χ2n) is 3.89. The minimum atomic E-state index is -0.113. The molecular weight excluding hydrogens is 179 g/mol. The lowest BCUT2D eigenvalue weighted by molar-refractivity contribution is -0.108. The molecule has 0 heterocycles. The number of hydrogen-bond acceptors (Lipinski definition) is 1. The molecule has 0 fully saturated rings. The third-order valence-corrected chi connectivity index (χ3v) is 2.96. The second kappa shape index (κ2) is 3.91. The molecule has 1 aliphatic carbocycles. The van der Waals surface area contributed by atoms with Crippen LogP contribution in [0.4, 0.5) is 4.39 Å². The first-order valence-corrected chi connectivity index (χ1v) is 5.01. The van der Waals surface area contributed by atoms with Crippen molar-refractivity contribution in [3.63, 3.8) is 0 Å². The molecule has 2 heteroatoms. The maximum absolute atomic E-state index is 13.4. The van der Waals surface area contributed by atoms with Gasteiger partial charge in [-0.25, -0.2) is 4.39 Å². The summed E-state index contributed by atoms with van der Waals surface area (Å²) in [6.07, 6.45) is 4.14. The Morgan fingerprint density at radius 3 is 3.14 bits per heavy atom.